The van der Waals surface area contributed by atoms with Crippen LogP contribution in [0.1, 0.15) is 39.0 Å². The number of sulfonamides is 1. The molecule has 3 nitrogen and oxygen atoms in total. The van der Waals surface area contributed by atoms with Gasteiger partial charge in [0.1, 0.15) is 0 Å². The van der Waals surface area contributed by atoms with Gasteiger partial charge in [0.25, 0.3) is 0 Å². The SMILES string of the molecule is CCCCN(C)S(=O)(=O)CCCCCCl. The van der Waals surface area contributed by atoms with E-state index >= 15 is 0 Å². The Hall–Kier alpha value is 0.200. The Morgan fingerprint density at radius 2 is 1.80 bits per heavy atom. The minimum Gasteiger partial charge on any atom is -0.212 e. The van der Waals surface area contributed by atoms with Crippen molar-refractivity contribution >= 4 is 21.6 Å². The second-order valence-corrected chi connectivity index (χ2v) is 6.31. The van der Waals surface area contributed by atoms with Crippen LogP contribution >= 0.6 is 11.6 Å². The zero-order chi connectivity index (χ0) is 11.7. The molecule has 0 amide bonds. The molecule has 0 heterocycles. The summed E-state index contributed by atoms with van der Waals surface area (Å²) in [6, 6.07) is 0. The van der Waals surface area contributed by atoms with Crippen molar-refractivity contribution < 1.29 is 8.42 Å². The van der Waals surface area contributed by atoms with Crippen LogP contribution in [0.3, 0.4) is 0 Å². The lowest BCUT2D eigenvalue weighted by atomic mass is 10.3. The van der Waals surface area contributed by atoms with Crippen LogP contribution in [-0.2, 0) is 10.0 Å². The average Bonchev–Trinajstić information content (AvgIpc) is 2.21. The number of hydrogen-bond acceptors (Lipinski definition) is 2. The van der Waals surface area contributed by atoms with E-state index in [1.165, 1.54) is 4.31 Å². The Morgan fingerprint density at radius 1 is 1.13 bits per heavy atom. The first-order chi connectivity index (χ1) is 7.04. The highest BCUT2D eigenvalue weighted by Gasteiger charge is 2.15. The van der Waals surface area contributed by atoms with Crippen molar-refractivity contribution in [3.63, 3.8) is 0 Å². The maximum atomic E-state index is 11.7. The Bertz CT molecular complexity index is 242. The Kier molecular flexibility index (Phi) is 8.47. The molecule has 0 bridgehead atoms. The predicted octanol–water partition coefficient (Wildman–Crippen LogP) is 2.46. The second kappa shape index (κ2) is 8.36. The van der Waals surface area contributed by atoms with Crippen LogP contribution in [-0.4, -0.2) is 37.9 Å². The van der Waals surface area contributed by atoms with E-state index in [4.69, 9.17) is 11.6 Å². The fourth-order valence-electron chi connectivity index (χ4n) is 1.23. The van der Waals surface area contributed by atoms with Crippen molar-refractivity contribution in [2.75, 3.05) is 25.2 Å². The summed E-state index contributed by atoms with van der Waals surface area (Å²) in [5, 5.41) is 0. The van der Waals surface area contributed by atoms with Crippen LogP contribution in [0.15, 0.2) is 0 Å². The highest BCUT2D eigenvalue weighted by atomic mass is 35.5. The summed E-state index contributed by atoms with van der Waals surface area (Å²) in [5.41, 5.74) is 0. The zero-order valence-corrected chi connectivity index (χ0v) is 11.3. The number of nitrogens with zero attached hydrogens (tertiary/aromatic N) is 1. The topological polar surface area (TPSA) is 37.4 Å². The van der Waals surface area contributed by atoms with Crippen molar-refractivity contribution in [1.82, 2.24) is 4.31 Å². The summed E-state index contributed by atoms with van der Waals surface area (Å²) >= 11 is 5.52. The van der Waals surface area contributed by atoms with Gasteiger partial charge >= 0.3 is 0 Å². The van der Waals surface area contributed by atoms with E-state index in [1.54, 1.807) is 7.05 Å². The Labute approximate surface area is 98.8 Å². The monoisotopic (exact) mass is 255 g/mol. The third-order valence-electron chi connectivity index (χ3n) is 2.34. The summed E-state index contributed by atoms with van der Waals surface area (Å²) in [5.74, 6) is 0.871. The molecule has 0 fully saturated rings. The van der Waals surface area contributed by atoms with E-state index in [0.717, 1.165) is 25.7 Å². The number of rotatable bonds is 9. The number of alkyl halides is 1. The molecular formula is C10H22ClNO2S. The van der Waals surface area contributed by atoms with Crippen LogP contribution in [0.25, 0.3) is 0 Å². The molecule has 5 heteroatoms. The summed E-state index contributed by atoms with van der Waals surface area (Å²) in [6.07, 6.45) is 4.45. The standard InChI is InChI=1S/C10H22ClNO2S/c1-3-4-9-12(2)15(13,14)10-7-5-6-8-11/h3-10H2,1-2H3. The fourth-order valence-corrected chi connectivity index (χ4v) is 2.71. The highest BCUT2D eigenvalue weighted by molar-refractivity contribution is 7.89. The molecule has 0 N–H and O–H groups in total. The molecule has 0 spiro atoms. The summed E-state index contributed by atoms with van der Waals surface area (Å²) < 4.78 is 24.9. The lowest BCUT2D eigenvalue weighted by Crippen LogP contribution is -2.30. The minimum atomic E-state index is -3.02. The van der Waals surface area contributed by atoms with Gasteiger partial charge in [-0.3, -0.25) is 0 Å². The summed E-state index contributed by atoms with van der Waals surface area (Å²) in [6.45, 7) is 2.69. The normalized spacial score (nSPS) is 12.3. The van der Waals surface area contributed by atoms with E-state index in [0.29, 0.717) is 18.8 Å². The van der Waals surface area contributed by atoms with Crippen molar-refractivity contribution in [2.24, 2.45) is 0 Å². The smallest absolute Gasteiger partial charge is 0.212 e. The van der Waals surface area contributed by atoms with Crippen molar-refractivity contribution in [2.45, 2.75) is 39.0 Å². The van der Waals surface area contributed by atoms with Gasteiger partial charge in [0, 0.05) is 19.5 Å². The largest absolute Gasteiger partial charge is 0.213 e. The predicted molar refractivity (Wildman–Crippen MR) is 65.9 cm³/mol. The van der Waals surface area contributed by atoms with Gasteiger partial charge < -0.3 is 0 Å². The minimum absolute atomic E-state index is 0.254. The Morgan fingerprint density at radius 3 is 2.33 bits per heavy atom. The maximum Gasteiger partial charge on any atom is 0.213 e. The van der Waals surface area contributed by atoms with E-state index < -0.39 is 10.0 Å². The first-order valence-electron chi connectivity index (χ1n) is 5.54. The first-order valence-corrected chi connectivity index (χ1v) is 7.69. The molecule has 0 aromatic heterocycles. The van der Waals surface area contributed by atoms with Gasteiger partial charge in [-0.25, -0.2) is 12.7 Å². The van der Waals surface area contributed by atoms with Crippen molar-refractivity contribution in [3.05, 3.63) is 0 Å². The molecule has 92 valence electrons. The van der Waals surface area contributed by atoms with Gasteiger partial charge in [-0.2, -0.15) is 0 Å². The molecule has 0 unspecified atom stereocenters. The molecule has 0 aliphatic carbocycles. The van der Waals surface area contributed by atoms with Crippen LogP contribution < -0.4 is 0 Å². The van der Waals surface area contributed by atoms with E-state index in [-0.39, 0.29) is 5.75 Å². The summed E-state index contributed by atoms with van der Waals surface area (Å²) in [4.78, 5) is 0. The van der Waals surface area contributed by atoms with Crippen LogP contribution in [0.5, 0.6) is 0 Å². The molecule has 0 saturated heterocycles. The molecule has 0 radical (unpaired) electrons. The maximum absolute atomic E-state index is 11.7. The average molecular weight is 256 g/mol. The van der Waals surface area contributed by atoms with Crippen molar-refractivity contribution in [3.8, 4) is 0 Å². The van der Waals surface area contributed by atoms with Gasteiger partial charge in [-0.15, -0.1) is 11.6 Å². The third kappa shape index (κ3) is 7.14. The second-order valence-electron chi connectivity index (χ2n) is 3.74. The molecule has 15 heavy (non-hydrogen) atoms. The van der Waals surface area contributed by atoms with Crippen LogP contribution in [0.4, 0.5) is 0 Å². The van der Waals surface area contributed by atoms with Gasteiger partial charge in [0.05, 0.1) is 5.75 Å². The molecule has 0 aromatic rings. The molecule has 0 aliphatic heterocycles. The zero-order valence-electron chi connectivity index (χ0n) is 9.71. The van der Waals surface area contributed by atoms with Crippen LogP contribution in [0, 0.1) is 0 Å². The Balaban J connectivity index is 3.84. The third-order valence-corrected chi connectivity index (χ3v) is 4.54. The van der Waals surface area contributed by atoms with E-state index in [2.05, 4.69) is 6.92 Å². The highest BCUT2D eigenvalue weighted by Crippen LogP contribution is 2.06. The quantitative estimate of drug-likeness (QED) is 0.469. The van der Waals surface area contributed by atoms with Crippen LogP contribution in [0.2, 0.25) is 0 Å². The molecule has 0 rings (SSSR count). The fraction of sp³-hybridized carbons (Fsp3) is 1.00. The molecule has 0 aromatic carbocycles. The summed E-state index contributed by atoms with van der Waals surface area (Å²) in [7, 11) is -1.36. The van der Waals surface area contributed by atoms with Crippen molar-refractivity contribution in [1.29, 1.82) is 0 Å². The molecule has 0 aliphatic rings. The molecule has 0 saturated carbocycles. The lowest BCUT2D eigenvalue weighted by molar-refractivity contribution is 0.457. The van der Waals surface area contributed by atoms with Gasteiger partial charge in [-0.1, -0.05) is 19.8 Å². The first kappa shape index (κ1) is 15.2. The van der Waals surface area contributed by atoms with Gasteiger partial charge in [0.15, 0.2) is 0 Å². The lowest BCUT2D eigenvalue weighted by Gasteiger charge is -2.16. The molecule has 0 atom stereocenters. The van der Waals surface area contributed by atoms with Gasteiger partial charge in [0.2, 0.25) is 10.0 Å². The molecular weight excluding hydrogens is 234 g/mol. The van der Waals surface area contributed by atoms with E-state index in [9.17, 15) is 8.42 Å². The van der Waals surface area contributed by atoms with E-state index in [1.807, 2.05) is 0 Å². The van der Waals surface area contributed by atoms with Gasteiger partial charge in [-0.05, 0) is 19.3 Å². The number of halogens is 1. The number of hydrogen-bond donors (Lipinski definition) is 0. The number of unbranched alkanes of at least 4 members (excludes halogenated alkanes) is 3.